The lowest BCUT2D eigenvalue weighted by molar-refractivity contribution is -0.153. The van der Waals surface area contributed by atoms with Crippen LogP contribution < -0.4 is 0 Å². The maximum absolute atomic E-state index is 13.3. The van der Waals surface area contributed by atoms with Gasteiger partial charge < -0.3 is 9.84 Å². The van der Waals surface area contributed by atoms with Crippen LogP contribution in [-0.2, 0) is 20.7 Å². The maximum Gasteiger partial charge on any atom is 0.312 e. The third-order valence-electron chi connectivity index (χ3n) is 3.57. The lowest BCUT2D eigenvalue weighted by atomic mass is 9.85. The number of hydrogen-bond donors (Lipinski definition) is 1. The van der Waals surface area contributed by atoms with Crippen molar-refractivity contribution in [1.29, 1.82) is 0 Å². The van der Waals surface area contributed by atoms with Gasteiger partial charge in [0.05, 0.1) is 17.7 Å². The van der Waals surface area contributed by atoms with Gasteiger partial charge in [0.1, 0.15) is 16.6 Å². The number of carboxylic acids is 1. The van der Waals surface area contributed by atoms with Gasteiger partial charge in [-0.25, -0.2) is 9.37 Å². The van der Waals surface area contributed by atoms with Crippen LogP contribution in [0.15, 0.2) is 29.6 Å². The van der Waals surface area contributed by atoms with E-state index in [4.69, 9.17) is 4.74 Å². The molecule has 128 valence electrons. The minimum atomic E-state index is -1.26. The standard InChI is InChI=1S/C17H18FNO4S/c1-17(10-23-2,16(21)22)8-14(20)7-13-9-24-15(19-13)11-4-3-5-12(18)6-11/h3-6,9H,7-8,10H2,1-2H3,(H,21,22). The number of aliphatic carboxylic acids is 1. The summed E-state index contributed by atoms with van der Waals surface area (Å²) >= 11 is 1.32. The minimum Gasteiger partial charge on any atom is -0.481 e. The number of methoxy groups -OCH3 is 1. The van der Waals surface area contributed by atoms with Gasteiger partial charge in [-0.15, -0.1) is 11.3 Å². The molecule has 1 aromatic carbocycles. The second kappa shape index (κ2) is 7.63. The molecule has 0 amide bonds. The summed E-state index contributed by atoms with van der Waals surface area (Å²) in [6.07, 6.45) is -0.0958. The highest BCUT2D eigenvalue weighted by atomic mass is 32.1. The van der Waals surface area contributed by atoms with Gasteiger partial charge in [0.2, 0.25) is 0 Å². The van der Waals surface area contributed by atoms with E-state index in [2.05, 4.69) is 4.98 Å². The number of carbonyl (C=O) groups is 2. The molecule has 1 unspecified atom stereocenters. The summed E-state index contributed by atoms with van der Waals surface area (Å²) in [5.41, 5.74) is -0.0596. The number of carboxylic acid groups (broad SMARTS) is 1. The number of halogens is 1. The predicted octanol–water partition coefficient (Wildman–Crippen LogP) is 3.19. The van der Waals surface area contributed by atoms with E-state index in [0.29, 0.717) is 16.3 Å². The first kappa shape index (κ1) is 18.2. The van der Waals surface area contributed by atoms with Crippen molar-refractivity contribution in [3.63, 3.8) is 0 Å². The van der Waals surface area contributed by atoms with E-state index in [-0.39, 0.29) is 31.0 Å². The normalized spacial score (nSPS) is 13.5. The molecule has 0 saturated heterocycles. The lowest BCUT2D eigenvalue weighted by Gasteiger charge is -2.22. The van der Waals surface area contributed by atoms with Crippen LogP contribution in [0.1, 0.15) is 19.0 Å². The van der Waals surface area contributed by atoms with E-state index in [1.807, 2.05) is 0 Å². The highest BCUT2D eigenvalue weighted by Crippen LogP contribution is 2.26. The van der Waals surface area contributed by atoms with E-state index >= 15 is 0 Å². The summed E-state index contributed by atoms with van der Waals surface area (Å²) in [4.78, 5) is 27.9. The second-order valence-corrected chi connectivity index (χ2v) is 6.70. The van der Waals surface area contributed by atoms with Gasteiger partial charge in [-0.05, 0) is 19.1 Å². The molecule has 1 N–H and O–H groups in total. The number of carbonyl (C=O) groups excluding carboxylic acids is 1. The zero-order valence-corrected chi connectivity index (χ0v) is 14.2. The van der Waals surface area contributed by atoms with Gasteiger partial charge >= 0.3 is 5.97 Å². The van der Waals surface area contributed by atoms with Gasteiger partial charge in [0, 0.05) is 30.9 Å². The van der Waals surface area contributed by atoms with Crippen molar-refractivity contribution in [2.75, 3.05) is 13.7 Å². The third kappa shape index (κ3) is 4.46. The first-order valence-corrected chi connectivity index (χ1v) is 8.16. The monoisotopic (exact) mass is 351 g/mol. The fraction of sp³-hybridized carbons (Fsp3) is 0.353. The molecule has 0 saturated carbocycles. The molecule has 7 heteroatoms. The molecule has 5 nitrogen and oxygen atoms in total. The van der Waals surface area contributed by atoms with Crippen LogP contribution in [0.5, 0.6) is 0 Å². The van der Waals surface area contributed by atoms with Crippen LogP contribution in [-0.4, -0.2) is 35.6 Å². The van der Waals surface area contributed by atoms with E-state index < -0.39 is 11.4 Å². The second-order valence-electron chi connectivity index (χ2n) is 5.85. The third-order valence-corrected chi connectivity index (χ3v) is 4.51. The number of thiazole rings is 1. The number of benzene rings is 1. The van der Waals surface area contributed by atoms with Crippen LogP contribution in [0, 0.1) is 11.2 Å². The number of Topliss-reactive ketones (excluding diaryl/α,β-unsaturated/α-hetero) is 1. The Balaban J connectivity index is 2.06. The van der Waals surface area contributed by atoms with Crippen molar-refractivity contribution in [2.45, 2.75) is 19.8 Å². The number of nitrogens with zero attached hydrogens (tertiary/aromatic N) is 1. The Bertz CT molecular complexity index is 746. The Kier molecular flexibility index (Phi) is 5.80. The largest absolute Gasteiger partial charge is 0.481 e. The van der Waals surface area contributed by atoms with Crippen LogP contribution >= 0.6 is 11.3 Å². The summed E-state index contributed by atoms with van der Waals surface area (Å²) in [7, 11) is 1.40. The van der Waals surface area contributed by atoms with Crippen LogP contribution in [0.2, 0.25) is 0 Å². The molecule has 0 radical (unpaired) electrons. The molecular weight excluding hydrogens is 333 g/mol. The molecule has 24 heavy (non-hydrogen) atoms. The van der Waals surface area contributed by atoms with Crippen LogP contribution in [0.25, 0.3) is 10.6 Å². The molecule has 0 spiro atoms. The molecule has 0 aliphatic carbocycles. The smallest absolute Gasteiger partial charge is 0.312 e. The lowest BCUT2D eigenvalue weighted by Crippen LogP contribution is -2.35. The molecule has 0 fully saturated rings. The molecule has 0 aliphatic rings. The van der Waals surface area contributed by atoms with Crippen molar-refractivity contribution < 1.29 is 23.8 Å². The molecular formula is C17H18FNO4S. The Hall–Kier alpha value is -2.12. The van der Waals surface area contributed by atoms with Crippen molar-refractivity contribution >= 4 is 23.1 Å². The van der Waals surface area contributed by atoms with E-state index in [1.54, 1.807) is 17.5 Å². The molecule has 2 rings (SSSR count). The molecule has 1 heterocycles. The van der Waals surface area contributed by atoms with Crippen molar-refractivity contribution in [1.82, 2.24) is 4.98 Å². The first-order valence-electron chi connectivity index (χ1n) is 7.28. The minimum absolute atomic E-state index is 0.0401. The van der Waals surface area contributed by atoms with Crippen molar-refractivity contribution in [3.05, 3.63) is 41.2 Å². The quantitative estimate of drug-likeness (QED) is 0.790. The number of aromatic nitrogens is 1. The SMILES string of the molecule is COCC(C)(CC(=O)Cc1csc(-c2cccc(F)c2)n1)C(=O)O. The highest BCUT2D eigenvalue weighted by Gasteiger charge is 2.35. The fourth-order valence-corrected chi connectivity index (χ4v) is 3.17. The molecule has 2 aromatic rings. The number of hydrogen-bond acceptors (Lipinski definition) is 5. The summed E-state index contributed by atoms with van der Waals surface area (Å²) in [5, 5.41) is 11.6. The highest BCUT2D eigenvalue weighted by molar-refractivity contribution is 7.13. The van der Waals surface area contributed by atoms with Gasteiger partial charge in [0.25, 0.3) is 0 Å². The van der Waals surface area contributed by atoms with Crippen molar-refractivity contribution in [2.24, 2.45) is 5.41 Å². The summed E-state index contributed by atoms with van der Waals surface area (Å²) in [5.74, 6) is -1.65. The molecule has 0 aliphatic heterocycles. The number of ether oxygens (including phenoxy) is 1. The van der Waals surface area contributed by atoms with Crippen LogP contribution in [0.3, 0.4) is 0 Å². The summed E-state index contributed by atoms with van der Waals surface area (Å²) < 4.78 is 18.2. The van der Waals surface area contributed by atoms with E-state index in [9.17, 15) is 19.1 Å². The Labute approximate surface area is 143 Å². The van der Waals surface area contributed by atoms with E-state index in [1.165, 1.54) is 37.5 Å². The number of ketones is 1. The molecule has 0 bridgehead atoms. The molecule has 1 aromatic heterocycles. The zero-order chi connectivity index (χ0) is 17.7. The average molecular weight is 351 g/mol. The van der Waals surface area contributed by atoms with Crippen molar-refractivity contribution in [3.8, 4) is 10.6 Å². The molecule has 1 atom stereocenters. The number of rotatable bonds is 8. The Morgan fingerprint density at radius 1 is 1.42 bits per heavy atom. The van der Waals surface area contributed by atoms with Gasteiger partial charge in [-0.3, -0.25) is 9.59 Å². The maximum atomic E-state index is 13.3. The average Bonchev–Trinajstić information content (AvgIpc) is 2.95. The predicted molar refractivity (Wildman–Crippen MR) is 88.5 cm³/mol. The summed E-state index contributed by atoms with van der Waals surface area (Å²) in [6, 6.07) is 6.07. The van der Waals surface area contributed by atoms with Gasteiger partial charge in [-0.1, -0.05) is 12.1 Å². The Morgan fingerprint density at radius 3 is 2.79 bits per heavy atom. The Morgan fingerprint density at radius 2 is 2.17 bits per heavy atom. The first-order chi connectivity index (χ1) is 11.3. The van der Waals surface area contributed by atoms with Crippen LogP contribution in [0.4, 0.5) is 4.39 Å². The fourth-order valence-electron chi connectivity index (χ4n) is 2.35. The summed E-state index contributed by atoms with van der Waals surface area (Å²) in [6.45, 7) is 1.44. The zero-order valence-electron chi connectivity index (χ0n) is 13.4. The van der Waals surface area contributed by atoms with Gasteiger partial charge in [0.15, 0.2) is 0 Å². The van der Waals surface area contributed by atoms with Gasteiger partial charge in [-0.2, -0.15) is 0 Å². The van der Waals surface area contributed by atoms with E-state index in [0.717, 1.165) is 0 Å². The topological polar surface area (TPSA) is 76.5 Å².